The predicted octanol–water partition coefficient (Wildman–Crippen LogP) is 1.64. The van der Waals surface area contributed by atoms with E-state index in [9.17, 15) is 18.0 Å². The van der Waals surface area contributed by atoms with Crippen molar-refractivity contribution in [3.05, 3.63) is 48.0 Å². The minimum Gasteiger partial charge on any atom is -0.497 e. The van der Waals surface area contributed by atoms with E-state index in [1.165, 1.54) is 38.3 Å². The molecule has 34 heavy (non-hydrogen) atoms. The van der Waals surface area contributed by atoms with E-state index in [-0.39, 0.29) is 18.1 Å². The molecule has 10 nitrogen and oxygen atoms in total. The van der Waals surface area contributed by atoms with Gasteiger partial charge in [-0.15, -0.1) is 0 Å². The van der Waals surface area contributed by atoms with Gasteiger partial charge in [0.1, 0.15) is 18.3 Å². The van der Waals surface area contributed by atoms with Crippen LogP contribution in [0.1, 0.15) is 12.5 Å². The van der Waals surface area contributed by atoms with Crippen molar-refractivity contribution in [2.45, 2.75) is 19.5 Å². The van der Waals surface area contributed by atoms with E-state index >= 15 is 0 Å². The molecule has 0 fully saturated rings. The molecule has 1 N–H and O–H groups in total. The van der Waals surface area contributed by atoms with E-state index in [0.717, 1.165) is 16.1 Å². The zero-order chi connectivity index (χ0) is 25.5. The van der Waals surface area contributed by atoms with Crippen molar-refractivity contribution >= 4 is 27.5 Å². The highest BCUT2D eigenvalue weighted by molar-refractivity contribution is 7.92. The summed E-state index contributed by atoms with van der Waals surface area (Å²) >= 11 is 0. The van der Waals surface area contributed by atoms with Gasteiger partial charge >= 0.3 is 0 Å². The second-order valence-electron chi connectivity index (χ2n) is 7.47. The molecule has 0 spiro atoms. The largest absolute Gasteiger partial charge is 0.497 e. The second kappa shape index (κ2) is 11.6. The molecule has 0 aliphatic rings. The number of nitrogens with zero attached hydrogens (tertiary/aromatic N) is 2. The van der Waals surface area contributed by atoms with Crippen molar-refractivity contribution in [3.63, 3.8) is 0 Å². The van der Waals surface area contributed by atoms with Crippen LogP contribution in [0.25, 0.3) is 0 Å². The number of likely N-dealkylation sites (N-methyl/N-ethyl adjacent to an activating group) is 1. The van der Waals surface area contributed by atoms with Crippen molar-refractivity contribution in [1.29, 1.82) is 0 Å². The van der Waals surface area contributed by atoms with Crippen LogP contribution in [0.4, 0.5) is 5.69 Å². The molecule has 2 amide bonds. The molecule has 0 bridgehead atoms. The lowest BCUT2D eigenvalue weighted by Gasteiger charge is -2.31. The van der Waals surface area contributed by atoms with Gasteiger partial charge in [0.05, 0.1) is 33.3 Å². The molecule has 0 aliphatic carbocycles. The van der Waals surface area contributed by atoms with Crippen molar-refractivity contribution in [2.24, 2.45) is 0 Å². The fourth-order valence-electron chi connectivity index (χ4n) is 3.31. The Morgan fingerprint density at radius 1 is 0.971 bits per heavy atom. The summed E-state index contributed by atoms with van der Waals surface area (Å²) in [6.45, 7) is 1.17. The van der Waals surface area contributed by atoms with Gasteiger partial charge in [-0.05, 0) is 36.8 Å². The van der Waals surface area contributed by atoms with Crippen LogP contribution in [0, 0.1) is 0 Å². The highest BCUT2D eigenvalue weighted by Crippen LogP contribution is 2.32. The first-order valence-electron chi connectivity index (χ1n) is 10.4. The van der Waals surface area contributed by atoms with Crippen LogP contribution in [0.5, 0.6) is 17.2 Å². The van der Waals surface area contributed by atoms with Gasteiger partial charge in [-0.1, -0.05) is 12.1 Å². The number of ether oxygens (including phenoxy) is 3. The van der Waals surface area contributed by atoms with E-state index in [0.29, 0.717) is 17.2 Å². The lowest BCUT2D eigenvalue weighted by atomic mass is 10.1. The Hall–Kier alpha value is -3.47. The summed E-state index contributed by atoms with van der Waals surface area (Å²) in [4.78, 5) is 27.1. The highest BCUT2D eigenvalue weighted by atomic mass is 32.2. The Bertz CT molecular complexity index is 1100. The van der Waals surface area contributed by atoms with Gasteiger partial charge in [0.2, 0.25) is 21.8 Å². The number of carbonyl (C=O) groups excluding carboxylic acids is 2. The molecule has 11 heteroatoms. The zero-order valence-corrected chi connectivity index (χ0v) is 21.0. The minimum atomic E-state index is -3.85. The molecule has 0 saturated carbocycles. The molecule has 0 saturated heterocycles. The number of methoxy groups -OCH3 is 3. The van der Waals surface area contributed by atoms with Crippen LogP contribution in [-0.2, 0) is 26.2 Å². The lowest BCUT2D eigenvalue weighted by molar-refractivity contribution is -0.139. The Labute approximate surface area is 200 Å². The third-order valence-electron chi connectivity index (χ3n) is 5.26. The highest BCUT2D eigenvalue weighted by Gasteiger charge is 2.30. The standard InChI is InChI=1S/C23H31N3O7S/c1-16(23(28)24-2)25(14-17-7-10-19(31-3)11-8-17)22(27)15-26(34(6,29)30)18-9-12-20(32-4)21(13-18)33-5/h7-13,16H,14-15H2,1-6H3,(H,24,28)/t16-/m1/s1. The van der Waals surface area contributed by atoms with Gasteiger partial charge in [0.25, 0.3) is 0 Å². The van der Waals surface area contributed by atoms with E-state index in [1.54, 1.807) is 44.4 Å². The average Bonchev–Trinajstić information content (AvgIpc) is 2.83. The number of rotatable bonds is 11. The van der Waals surface area contributed by atoms with Gasteiger partial charge in [0.15, 0.2) is 11.5 Å². The summed E-state index contributed by atoms with van der Waals surface area (Å²) in [6, 6.07) is 10.8. The predicted molar refractivity (Wildman–Crippen MR) is 129 cm³/mol. The summed E-state index contributed by atoms with van der Waals surface area (Å²) in [5.41, 5.74) is 0.979. The van der Waals surface area contributed by atoms with Crippen molar-refractivity contribution in [3.8, 4) is 17.2 Å². The number of sulfonamides is 1. The summed E-state index contributed by atoms with van der Waals surface area (Å²) in [6.07, 6.45) is 1.01. The number of amides is 2. The third kappa shape index (κ3) is 6.53. The molecule has 2 aromatic rings. The quantitative estimate of drug-likeness (QED) is 0.506. The number of benzene rings is 2. The SMILES string of the molecule is CNC(=O)[C@@H](C)N(Cc1ccc(OC)cc1)C(=O)CN(c1ccc(OC)c(OC)c1)S(C)(=O)=O. The van der Waals surface area contributed by atoms with E-state index in [2.05, 4.69) is 5.32 Å². The fourth-order valence-corrected chi connectivity index (χ4v) is 4.15. The smallest absolute Gasteiger partial charge is 0.244 e. The third-order valence-corrected chi connectivity index (χ3v) is 6.40. The first kappa shape index (κ1) is 26.8. The molecule has 0 aliphatic heterocycles. The molecule has 0 radical (unpaired) electrons. The van der Waals surface area contributed by atoms with Crippen LogP contribution < -0.4 is 23.8 Å². The van der Waals surface area contributed by atoms with E-state index in [1.807, 2.05) is 0 Å². The summed E-state index contributed by atoms with van der Waals surface area (Å²) in [5.74, 6) is 0.457. The minimum absolute atomic E-state index is 0.0982. The number of nitrogens with one attached hydrogen (secondary N) is 1. The van der Waals surface area contributed by atoms with Gasteiger partial charge in [-0.25, -0.2) is 8.42 Å². The monoisotopic (exact) mass is 493 g/mol. The topological polar surface area (TPSA) is 114 Å². The maximum absolute atomic E-state index is 13.4. The van der Waals surface area contributed by atoms with Gasteiger partial charge < -0.3 is 24.4 Å². The van der Waals surface area contributed by atoms with E-state index in [4.69, 9.17) is 14.2 Å². The molecule has 186 valence electrons. The fraction of sp³-hybridized carbons (Fsp3) is 0.391. The van der Waals surface area contributed by atoms with Gasteiger partial charge in [-0.3, -0.25) is 13.9 Å². The Kier molecular flexibility index (Phi) is 9.13. The van der Waals surface area contributed by atoms with Gasteiger partial charge in [0, 0.05) is 19.7 Å². The van der Waals surface area contributed by atoms with Gasteiger partial charge in [-0.2, -0.15) is 0 Å². The first-order chi connectivity index (χ1) is 16.0. The summed E-state index contributed by atoms with van der Waals surface area (Å²) in [7, 11) is 2.06. The Morgan fingerprint density at radius 3 is 2.09 bits per heavy atom. The molecule has 0 heterocycles. The molecular formula is C23H31N3O7S. The van der Waals surface area contributed by atoms with Crippen LogP contribution in [0.2, 0.25) is 0 Å². The summed E-state index contributed by atoms with van der Waals surface area (Å²) in [5, 5.41) is 2.53. The van der Waals surface area contributed by atoms with Crippen LogP contribution in [-0.4, -0.2) is 72.4 Å². The Balaban J connectivity index is 2.41. The lowest BCUT2D eigenvalue weighted by Crippen LogP contribution is -2.50. The second-order valence-corrected chi connectivity index (χ2v) is 9.38. The van der Waals surface area contributed by atoms with Crippen LogP contribution >= 0.6 is 0 Å². The average molecular weight is 494 g/mol. The molecular weight excluding hydrogens is 462 g/mol. The number of hydrogen-bond donors (Lipinski definition) is 1. The van der Waals surface area contributed by atoms with Crippen molar-refractivity contribution in [2.75, 3.05) is 45.5 Å². The van der Waals surface area contributed by atoms with Crippen molar-refractivity contribution < 1.29 is 32.2 Å². The van der Waals surface area contributed by atoms with Crippen LogP contribution in [0.15, 0.2) is 42.5 Å². The molecule has 2 aromatic carbocycles. The number of hydrogen-bond acceptors (Lipinski definition) is 7. The zero-order valence-electron chi connectivity index (χ0n) is 20.2. The first-order valence-corrected chi connectivity index (χ1v) is 12.2. The molecule has 2 rings (SSSR count). The van der Waals surface area contributed by atoms with Crippen molar-refractivity contribution in [1.82, 2.24) is 10.2 Å². The molecule has 0 unspecified atom stereocenters. The normalized spacial score (nSPS) is 11.8. The summed E-state index contributed by atoms with van der Waals surface area (Å²) < 4.78 is 41.9. The maximum atomic E-state index is 13.4. The van der Waals surface area contributed by atoms with E-state index < -0.39 is 28.5 Å². The Morgan fingerprint density at radius 2 is 1.59 bits per heavy atom. The number of anilines is 1. The molecule has 0 aromatic heterocycles. The van der Waals surface area contributed by atoms with Crippen LogP contribution in [0.3, 0.4) is 0 Å². The number of carbonyl (C=O) groups is 2. The molecule has 1 atom stereocenters. The maximum Gasteiger partial charge on any atom is 0.244 e.